The van der Waals surface area contributed by atoms with E-state index in [0.717, 1.165) is 34.6 Å². The van der Waals surface area contributed by atoms with Gasteiger partial charge in [-0.25, -0.2) is 0 Å². The standard InChI is InChI=1S/C30H32N2O3/c1-30(2,3)21-12-9-18(10-13-21)20-15-24-28(26(34)17-20)29(19-11-14-27(35-4)25(33)16-19)32-23-8-6-5-7-22(23)31-24/h5-14,16,20,29,31-33H,15,17H2,1-4H3. The molecule has 0 spiro atoms. The lowest BCUT2D eigenvalue weighted by Gasteiger charge is -2.30. The number of Topliss-reactive ketones (excluding diaryl/α,β-unsaturated/α-hetero) is 1. The van der Waals surface area contributed by atoms with Crippen molar-refractivity contribution in [3.63, 3.8) is 0 Å². The van der Waals surface area contributed by atoms with Crippen LogP contribution in [0.4, 0.5) is 11.4 Å². The predicted octanol–water partition coefficient (Wildman–Crippen LogP) is 6.68. The number of benzene rings is 3. The lowest BCUT2D eigenvalue weighted by Crippen LogP contribution is -2.27. The van der Waals surface area contributed by atoms with Crippen LogP contribution in [0.5, 0.6) is 11.5 Å². The van der Waals surface area contributed by atoms with Crippen molar-refractivity contribution < 1.29 is 14.6 Å². The van der Waals surface area contributed by atoms with E-state index in [9.17, 15) is 9.90 Å². The van der Waals surface area contributed by atoms with Gasteiger partial charge in [-0.05, 0) is 58.7 Å². The minimum absolute atomic E-state index is 0.0551. The van der Waals surface area contributed by atoms with E-state index in [4.69, 9.17) is 4.74 Å². The lowest BCUT2D eigenvalue weighted by atomic mass is 9.77. The quantitative estimate of drug-likeness (QED) is 0.400. The van der Waals surface area contributed by atoms with Crippen molar-refractivity contribution in [3.8, 4) is 11.5 Å². The normalized spacial score (nSPS) is 19.7. The SMILES string of the molecule is COc1ccc(C2Nc3ccccc3NC3=C2C(=O)CC(c2ccc(C(C)(C)C)cc2)C3)cc1O. The van der Waals surface area contributed by atoms with Crippen molar-refractivity contribution in [2.45, 2.75) is 51.0 Å². The summed E-state index contributed by atoms with van der Waals surface area (Å²) in [6.45, 7) is 6.63. The molecule has 2 unspecified atom stereocenters. The van der Waals surface area contributed by atoms with Crippen molar-refractivity contribution in [1.29, 1.82) is 0 Å². The Morgan fingerprint density at radius 3 is 2.26 bits per heavy atom. The van der Waals surface area contributed by atoms with Crippen molar-refractivity contribution in [2.24, 2.45) is 0 Å². The zero-order valence-electron chi connectivity index (χ0n) is 20.7. The Balaban J connectivity index is 1.55. The van der Waals surface area contributed by atoms with Gasteiger partial charge in [0.15, 0.2) is 17.3 Å². The number of phenols is 1. The first-order valence-corrected chi connectivity index (χ1v) is 12.1. The molecule has 5 rings (SSSR count). The molecular formula is C30H32N2O3. The van der Waals surface area contributed by atoms with Gasteiger partial charge in [0.25, 0.3) is 0 Å². The number of fused-ring (bicyclic) bond motifs is 1. The fourth-order valence-electron chi connectivity index (χ4n) is 5.12. The molecule has 0 fully saturated rings. The maximum absolute atomic E-state index is 13.7. The average molecular weight is 469 g/mol. The van der Waals surface area contributed by atoms with Crippen LogP contribution >= 0.6 is 0 Å². The summed E-state index contributed by atoms with van der Waals surface area (Å²) in [6.07, 6.45) is 1.19. The summed E-state index contributed by atoms with van der Waals surface area (Å²) in [5.74, 6) is 0.686. The summed E-state index contributed by atoms with van der Waals surface area (Å²) in [6, 6.07) is 21.6. The summed E-state index contributed by atoms with van der Waals surface area (Å²) in [5.41, 5.74) is 6.90. The number of nitrogens with one attached hydrogen (secondary N) is 2. The van der Waals surface area contributed by atoms with E-state index in [0.29, 0.717) is 12.2 Å². The van der Waals surface area contributed by atoms with Crippen LogP contribution in [-0.2, 0) is 10.2 Å². The summed E-state index contributed by atoms with van der Waals surface area (Å²) in [7, 11) is 1.53. The highest BCUT2D eigenvalue weighted by molar-refractivity contribution is 6.01. The van der Waals surface area contributed by atoms with E-state index in [1.165, 1.54) is 18.2 Å². The van der Waals surface area contributed by atoms with Crippen molar-refractivity contribution in [2.75, 3.05) is 17.7 Å². The van der Waals surface area contributed by atoms with E-state index in [-0.39, 0.29) is 28.9 Å². The first kappa shape index (κ1) is 23.0. The first-order chi connectivity index (χ1) is 16.7. The number of anilines is 2. The number of hydrogen-bond donors (Lipinski definition) is 3. The highest BCUT2D eigenvalue weighted by Crippen LogP contribution is 2.45. The Kier molecular flexibility index (Phi) is 5.79. The van der Waals surface area contributed by atoms with E-state index < -0.39 is 0 Å². The number of aromatic hydroxyl groups is 1. The third-order valence-electron chi connectivity index (χ3n) is 7.09. The number of ether oxygens (including phenoxy) is 1. The Morgan fingerprint density at radius 1 is 0.914 bits per heavy atom. The Hall–Kier alpha value is -3.73. The molecular weight excluding hydrogens is 436 g/mol. The molecule has 3 N–H and O–H groups in total. The molecule has 2 atom stereocenters. The molecule has 0 amide bonds. The zero-order chi connectivity index (χ0) is 24.7. The molecule has 0 aromatic heterocycles. The summed E-state index contributed by atoms with van der Waals surface area (Å²) < 4.78 is 5.23. The number of para-hydroxylation sites is 2. The second-order valence-corrected chi connectivity index (χ2v) is 10.5. The topological polar surface area (TPSA) is 70.6 Å². The Morgan fingerprint density at radius 2 is 1.60 bits per heavy atom. The van der Waals surface area contributed by atoms with Crippen LogP contribution in [0.2, 0.25) is 0 Å². The molecule has 180 valence electrons. The minimum Gasteiger partial charge on any atom is -0.504 e. The van der Waals surface area contributed by atoms with Crippen LogP contribution in [0.1, 0.15) is 62.3 Å². The van der Waals surface area contributed by atoms with Gasteiger partial charge in [-0.1, -0.05) is 63.2 Å². The highest BCUT2D eigenvalue weighted by atomic mass is 16.5. The van der Waals surface area contributed by atoms with Crippen LogP contribution in [0, 0.1) is 0 Å². The predicted molar refractivity (Wildman–Crippen MR) is 140 cm³/mol. The number of carbonyl (C=O) groups is 1. The molecule has 0 bridgehead atoms. The van der Waals surface area contributed by atoms with Crippen LogP contribution in [0.3, 0.4) is 0 Å². The van der Waals surface area contributed by atoms with Gasteiger partial charge in [0.2, 0.25) is 0 Å². The fraction of sp³-hybridized carbons (Fsp3) is 0.300. The fourth-order valence-corrected chi connectivity index (χ4v) is 5.12. The van der Waals surface area contributed by atoms with E-state index in [1.807, 2.05) is 30.3 Å². The number of ketones is 1. The third kappa shape index (κ3) is 4.39. The number of methoxy groups -OCH3 is 1. The van der Waals surface area contributed by atoms with Gasteiger partial charge >= 0.3 is 0 Å². The summed E-state index contributed by atoms with van der Waals surface area (Å²) in [4.78, 5) is 13.7. The van der Waals surface area contributed by atoms with E-state index >= 15 is 0 Å². The maximum atomic E-state index is 13.7. The van der Waals surface area contributed by atoms with Gasteiger partial charge in [0.05, 0.1) is 24.5 Å². The van der Waals surface area contributed by atoms with Gasteiger partial charge < -0.3 is 20.5 Å². The highest BCUT2D eigenvalue weighted by Gasteiger charge is 2.36. The number of carbonyl (C=O) groups excluding carboxylic acids is 1. The first-order valence-electron chi connectivity index (χ1n) is 12.1. The molecule has 1 heterocycles. The molecule has 1 aliphatic carbocycles. The van der Waals surface area contributed by atoms with Gasteiger partial charge in [0.1, 0.15) is 0 Å². The van der Waals surface area contributed by atoms with Crippen LogP contribution < -0.4 is 15.4 Å². The molecule has 3 aromatic carbocycles. The van der Waals surface area contributed by atoms with Crippen molar-refractivity contribution >= 4 is 17.2 Å². The molecule has 1 aliphatic heterocycles. The molecule has 5 heteroatoms. The summed E-state index contributed by atoms with van der Waals surface area (Å²) >= 11 is 0. The third-order valence-corrected chi connectivity index (χ3v) is 7.09. The Labute approximate surface area is 206 Å². The average Bonchev–Trinajstić information content (AvgIpc) is 3.00. The van der Waals surface area contributed by atoms with Crippen LogP contribution in [0.15, 0.2) is 78.0 Å². The van der Waals surface area contributed by atoms with Gasteiger partial charge in [0, 0.05) is 17.7 Å². The van der Waals surface area contributed by atoms with E-state index in [2.05, 4.69) is 55.7 Å². The lowest BCUT2D eigenvalue weighted by molar-refractivity contribution is -0.116. The molecule has 3 aromatic rings. The smallest absolute Gasteiger partial charge is 0.163 e. The maximum Gasteiger partial charge on any atom is 0.163 e. The number of allylic oxidation sites excluding steroid dienone is 1. The van der Waals surface area contributed by atoms with Crippen LogP contribution in [-0.4, -0.2) is 18.0 Å². The molecule has 35 heavy (non-hydrogen) atoms. The molecule has 0 radical (unpaired) electrons. The number of rotatable bonds is 3. The minimum atomic E-state index is -0.380. The van der Waals surface area contributed by atoms with Gasteiger partial charge in [-0.15, -0.1) is 0 Å². The van der Waals surface area contributed by atoms with Crippen molar-refractivity contribution in [3.05, 3.63) is 94.7 Å². The molecule has 0 saturated carbocycles. The number of hydrogen-bond acceptors (Lipinski definition) is 5. The molecule has 2 aliphatic rings. The monoisotopic (exact) mass is 468 g/mol. The molecule has 5 nitrogen and oxygen atoms in total. The van der Waals surface area contributed by atoms with E-state index in [1.54, 1.807) is 12.1 Å². The second-order valence-electron chi connectivity index (χ2n) is 10.5. The zero-order valence-corrected chi connectivity index (χ0v) is 20.7. The van der Waals surface area contributed by atoms with Gasteiger partial charge in [-0.3, -0.25) is 4.79 Å². The second kappa shape index (κ2) is 8.81. The summed E-state index contributed by atoms with van der Waals surface area (Å²) in [5, 5.41) is 17.6. The van der Waals surface area contributed by atoms with Gasteiger partial charge in [-0.2, -0.15) is 0 Å². The largest absolute Gasteiger partial charge is 0.504 e. The number of phenolic OH excluding ortho intramolecular Hbond substituents is 1. The van der Waals surface area contributed by atoms with Crippen molar-refractivity contribution in [1.82, 2.24) is 0 Å². The Bertz CT molecular complexity index is 1300. The molecule has 0 saturated heterocycles. The van der Waals surface area contributed by atoms with Crippen LogP contribution in [0.25, 0.3) is 0 Å².